The molecule has 2 atom stereocenters. The van der Waals surface area contributed by atoms with Gasteiger partial charge in [-0.3, -0.25) is 9.59 Å². The summed E-state index contributed by atoms with van der Waals surface area (Å²) in [6, 6.07) is 7.60. The Bertz CT molecular complexity index is 1470. The summed E-state index contributed by atoms with van der Waals surface area (Å²) in [6.07, 6.45) is -4.98. The molecule has 1 aliphatic rings. The number of carbonyl (C=O) groups is 2. The third-order valence-electron chi connectivity index (χ3n) is 5.83. The van der Waals surface area contributed by atoms with Gasteiger partial charge in [-0.1, -0.05) is 17.7 Å². The van der Waals surface area contributed by atoms with Crippen LogP contribution in [0.5, 0.6) is 0 Å². The van der Waals surface area contributed by atoms with Crippen molar-refractivity contribution in [2.75, 3.05) is 16.4 Å². The maximum atomic E-state index is 14.2. The highest BCUT2D eigenvalue weighted by molar-refractivity contribution is 6.53. The molecule has 5 nitrogen and oxygen atoms in total. The summed E-state index contributed by atoms with van der Waals surface area (Å²) in [7, 11) is 0. The van der Waals surface area contributed by atoms with Crippen LogP contribution in [0.3, 0.4) is 0 Å². The molecule has 4 N–H and O–H groups in total. The number of halogens is 9. The van der Waals surface area contributed by atoms with Crippen LogP contribution in [-0.2, 0) is 11.0 Å². The Morgan fingerprint density at radius 2 is 1.58 bits per heavy atom. The van der Waals surface area contributed by atoms with Gasteiger partial charge < -0.3 is 16.4 Å². The van der Waals surface area contributed by atoms with E-state index in [-0.39, 0.29) is 21.8 Å². The first-order valence-electron chi connectivity index (χ1n) is 10.5. The predicted octanol–water partition coefficient (Wildman–Crippen LogP) is 7.14. The molecule has 1 aliphatic carbocycles. The number of alkyl halides is 5. The first kappa shape index (κ1) is 27.9. The molecular weight excluding hydrogens is 583 g/mol. The molecule has 3 aromatic rings. The van der Waals surface area contributed by atoms with Gasteiger partial charge in [0.25, 0.3) is 5.91 Å². The molecule has 4 rings (SSSR count). The molecule has 2 amide bonds. The molecule has 200 valence electrons. The molecule has 1 saturated carbocycles. The van der Waals surface area contributed by atoms with Gasteiger partial charge in [-0.2, -0.15) is 13.2 Å². The number of anilines is 3. The van der Waals surface area contributed by atoms with Crippen molar-refractivity contribution in [1.82, 2.24) is 0 Å². The van der Waals surface area contributed by atoms with Crippen LogP contribution in [-0.4, -0.2) is 16.1 Å². The summed E-state index contributed by atoms with van der Waals surface area (Å²) >= 11 is 18.4. The Morgan fingerprint density at radius 1 is 0.921 bits per heavy atom. The van der Waals surface area contributed by atoms with Gasteiger partial charge in [0.05, 0.1) is 27.8 Å². The molecule has 38 heavy (non-hydrogen) atoms. The zero-order valence-corrected chi connectivity index (χ0v) is 20.8. The molecule has 0 aliphatic heterocycles. The summed E-state index contributed by atoms with van der Waals surface area (Å²) < 4.78 is 79.4. The topological polar surface area (TPSA) is 84.2 Å². The average Bonchev–Trinajstić information content (AvgIpc) is 3.41. The second kappa shape index (κ2) is 9.87. The van der Waals surface area contributed by atoms with E-state index in [0.29, 0.717) is 12.1 Å². The molecule has 1 unspecified atom stereocenters. The zero-order valence-electron chi connectivity index (χ0n) is 18.6. The fourth-order valence-corrected chi connectivity index (χ4v) is 4.91. The second-order valence-electron chi connectivity index (χ2n) is 8.33. The monoisotopic (exact) mass is 595 g/mol. The van der Waals surface area contributed by atoms with Crippen LogP contribution in [0, 0.1) is 23.4 Å². The van der Waals surface area contributed by atoms with Gasteiger partial charge in [0.2, 0.25) is 5.91 Å². The van der Waals surface area contributed by atoms with E-state index in [1.54, 1.807) is 0 Å². The average molecular weight is 597 g/mol. The first-order chi connectivity index (χ1) is 17.6. The van der Waals surface area contributed by atoms with Gasteiger partial charge >= 0.3 is 6.18 Å². The lowest BCUT2D eigenvalue weighted by atomic mass is 10.0. The summed E-state index contributed by atoms with van der Waals surface area (Å²) in [5, 5.41) is 4.31. The Morgan fingerprint density at radius 3 is 2.24 bits per heavy atom. The molecule has 14 heteroatoms. The van der Waals surface area contributed by atoms with Crippen LogP contribution < -0.4 is 16.4 Å². The van der Waals surface area contributed by atoms with E-state index in [1.165, 1.54) is 12.1 Å². The minimum absolute atomic E-state index is 0.0112. The van der Waals surface area contributed by atoms with Gasteiger partial charge in [0, 0.05) is 11.6 Å². The van der Waals surface area contributed by atoms with E-state index < -0.39 is 68.5 Å². The largest absolute Gasteiger partial charge is 0.419 e. The lowest BCUT2D eigenvalue weighted by Gasteiger charge is -2.12. The standard InChI is InChI=1S/C24H14Cl3F6N3O2/c25-13-3-2-10(8-11(13)21(37)36-20-15(29)5-6-16(34)19(20)30)35-22(38)18-17(23(18,26)27)9-1-4-14(28)12(7-9)24(31,32)33/h1-8,17-18H,34H2,(H,35,38)(H,36,37)/t17-,18?/m0/s1. The van der Waals surface area contributed by atoms with Crippen LogP contribution in [0.2, 0.25) is 5.02 Å². The third kappa shape index (κ3) is 5.23. The van der Waals surface area contributed by atoms with Crippen molar-refractivity contribution in [2.45, 2.75) is 16.4 Å². The molecule has 0 saturated heterocycles. The Labute approximate surface area is 225 Å². The normalized spacial score (nSPS) is 18.1. The van der Waals surface area contributed by atoms with Crippen LogP contribution >= 0.6 is 34.8 Å². The SMILES string of the molecule is Nc1ccc(F)c(NC(=O)c2cc(NC(=O)C3[C@H](c4ccc(F)c(C(F)(F)F)c4)C3(Cl)Cl)ccc2Cl)c1F. The van der Waals surface area contributed by atoms with Gasteiger partial charge in [-0.15, -0.1) is 23.2 Å². The van der Waals surface area contributed by atoms with Crippen LogP contribution in [0.1, 0.15) is 27.4 Å². The van der Waals surface area contributed by atoms with Crippen molar-refractivity contribution in [3.05, 3.63) is 87.7 Å². The highest BCUT2D eigenvalue weighted by Gasteiger charge is 2.67. The van der Waals surface area contributed by atoms with Crippen molar-refractivity contribution in [3.63, 3.8) is 0 Å². The summed E-state index contributed by atoms with van der Waals surface area (Å²) in [5.41, 5.74) is 2.23. The first-order valence-corrected chi connectivity index (χ1v) is 11.7. The van der Waals surface area contributed by atoms with Crippen molar-refractivity contribution in [1.29, 1.82) is 0 Å². The van der Waals surface area contributed by atoms with E-state index in [4.69, 9.17) is 40.5 Å². The van der Waals surface area contributed by atoms with Gasteiger partial charge in [0.15, 0.2) is 5.82 Å². The quantitative estimate of drug-likeness (QED) is 0.166. The fourth-order valence-electron chi connectivity index (χ4n) is 3.88. The van der Waals surface area contributed by atoms with E-state index >= 15 is 0 Å². The number of nitrogen functional groups attached to an aromatic ring is 1. The predicted molar refractivity (Wildman–Crippen MR) is 131 cm³/mol. The molecule has 0 spiro atoms. The van der Waals surface area contributed by atoms with Gasteiger partial charge in [-0.05, 0) is 48.0 Å². The Kier molecular flexibility index (Phi) is 7.24. The minimum Gasteiger partial charge on any atom is -0.396 e. The third-order valence-corrected chi connectivity index (χ3v) is 7.10. The highest BCUT2D eigenvalue weighted by Crippen LogP contribution is 2.65. The number of nitrogens with one attached hydrogen (secondary N) is 2. The van der Waals surface area contributed by atoms with Crippen LogP contribution in [0.4, 0.5) is 43.4 Å². The molecule has 0 aromatic heterocycles. The van der Waals surface area contributed by atoms with E-state index in [2.05, 4.69) is 5.32 Å². The summed E-state index contributed by atoms with van der Waals surface area (Å²) in [4.78, 5) is 25.6. The number of carbonyl (C=O) groups excluding carboxylic acids is 2. The van der Waals surface area contributed by atoms with Crippen molar-refractivity contribution >= 4 is 63.7 Å². The van der Waals surface area contributed by atoms with Crippen LogP contribution in [0.15, 0.2) is 48.5 Å². The fraction of sp³-hybridized carbons (Fsp3) is 0.167. The minimum atomic E-state index is -4.98. The Balaban J connectivity index is 1.55. The number of rotatable bonds is 5. The molecule has 0 heterocycles. The maximum Gasteiger partial charge on any atom is 0.419 e. The van der Waals surface area contributed by atoms with Gasteiger partial charge in [-0.25, -0.2) is 13.2 Å². The molecule has 3 aromatic carbocycles. The number of hydrogen-bond acceptors (Lipinski definition) is 3. The van der Waals surface area contributed by atoms with Crippen LogP contribution in [0.25, 0.3) is 0 Å². The van der Waals surface area contributed by atoms with Gasteiger partial charge in [0.1, 0.15) is 21.7 Å². The number of amides is 2. The van der Waals surface area contributed by atoms with Crippen molar-refractivity contribution < 1.29 is 35.9 Å². The lowest BCUT2D eigenvalue weighted by molar-refractivity contribution is -0.140. The maximum absolute atomic E-state index is 14.2. The molecule has 0 radical (unpaired) electrons. The lowest BCUT2D eigenvalue weighted by Crippen LogP contribution is -2.19. The van der Waals surface area contributed by atoms with E-state index in [1.807, 2.05) is 5.32 Å². The summed E-state index contributed by atoms with van der Waals surface area (Å²) in [5.74, 6) is -7.98. The zero-order chi connectivity index (χ0) is 28.2. The number of benzene rings is 3. The highest BCUT2D eigenvalue weighted by atomic mass is 35.5. The van der Waals surface area contributed by atoms with E-state index in [0.717, 1.165) is 24.3 Å². The Hall–Kier alpha value is -3.15. The smallest absolute Gasteiger partial charge is 0.396 e. The van der Waals surface area contributed by atoms with E-state index in [9.17, 15) is 35.9 Å². The second-order valence-corrected chi connectivity index (χ2v) is 10.2. The van der Waals surface area contributed by atoms with Crippen molar-refractivity contribution in [3.8, 4) is 0 Å². The molecule has 1 fully saturated rings. The number of nitrogens with two attached hydrogens (primary N) is 1. The number of hydrogen-bond donors (Lipinski definition) is 3. The summed E-state index contributed by atoms with van der Waals surface area (Å²) in [6.45, 7) is 0. The molecule has 0 bridgehead atoms. The van der Waals surface area contributed by atoms with Crippen molar-refractivity contribution in [2.24, 2.45) is 5.92 Å². The molecular formula is C24H14Cl3F6N3O2.